The van der Waals surface area contributed by atoms with Gasteiger partial charge in [0, 0.05) is 6.20 Å². The molecule has 3 heterocycles. The van der Waals surface area contributed by atoms with E-state index in [0.717, 1.165) is 0 Å². The molecule has 27 heavy (non-hydrogen) atoms. The van der Waals surface area contributed by atoms with Gasteiger partial charge in [0.1, 0.15) is 6.54 Å². The lowest BCUT2D eigenvalue weighted by molar-refractivity contribution is -0.121. The Balaban J connectivity index is 1.52. The van der Waals surface area contributed by atoms with Crippen LogP contribution in [0.15, 0.2) is 53.8 Å². The Morgan fingerprint density at radius 3 is 2.81 bits per heavy atom. The van der Waals surface area contributed by atoms with E-state index < -0.39 is 5.76 Å². The van der Waals surface area contributed by atoms with Gasteiger partial charge in [0.2, 0.25) is 5.91 Å². The van der Waals surface area contributed by atoms with Crippen molar-refractivity contribution < 1.29 is 13.6 Å². The monoisotopic (exact) mass is 388 g/mol. The van der Waals surface area contributed by atoms with Crippen LogP contribution in [0.25, 0.3) is 16.7 Å². The van der Waals surface area contributed by atoms with Gasteiger partial charge in [-0.15, -0.1) is 10.2 Å². The van der Waals surface area contributed by atoms with E-state index in [-0.39, 0.29) is 24.2 Å². The van der Waals surface area contributed by atoms with Crippen molar-refractivity contribution in [2.24, 2.45) is 0 Å². The molecule has 0 saturated carbocycles. The highest BCUT2D eigenvalue weighted by Gasteiger charge is 2.18. The first-order valence-corrected chi connectivity index (χ1v) is 8.95. The Labute approximate surface area is 156 Å². The second-order valence-corrected chi connectivity index (χ2v) is 6.63. The molecule has 0 saturated heterocycles. The number of rotatable bonds is 6. The number of para-hydroxylation sites is 2. The van der Waals surface area contributed by atoms with E-state index in [1.165, 1.54) is 4.57 Å². The SMILES string of the molecule is O=C(Cn1c(SC(F)F)nc2ccccc21)NCc1nnc2ccccn12. The zero-order valence-electron chi connectivity index (χ0n) is 13.9. The minimum Gasteiger partial charge on any atom is -0.347 e. The largest absolute Gasteiger partial charge is 0.347 e. The number of carbonyl (C=O) groups is 1. The Morgan fingerprint density at radius 2 is 1.96 bits per heavy atom. The summed E-state index contributed by atoms with van der Waals surface area (Å²) in [4.78, 5) is 16.6. The lowest BCUT2D eigenvalue weighted by atomic mass is 10.3. The molecule has 0 radical (unpaired) electrons. The normalized spacial score (nSPS) is 11.5. The maximum Gasteiger partial charge on any atom is 0.291 e. The molecular weight excluding hydrogens is 374 g/mol. The Morgan fingerprint density at radius 1 is 1.15 bits per heavy atom. The van der Waals surface area contributed by atoms with Gasteiger partial charge < -0.3 is 9.88 Å². The number of nitrogens with zero attached hydrogens (tertiary/aromatic N) is 5. The summed E-state index contributed by atoms with van der Waals surface area (Å²) in [7, 11) is 0. The second-order valence-electron chi connectivity index (χ2n) is 5.67. The number of benzene rings is 1. The van der Waals surface area contributed by atoms with Crippen LogP contribution in [0, 0.1) is 0 Å². The van der Waals surface area contributed by atoms with Crippen molar-refractivity contribution in [3.63, 3.8) is 0 Å². The van der Waals surface area contributed by atoms with Crippen LogP contribution in [0.5, 0.6) is 0 Å². The first-order chi connectivity index (χ1) is 13.1. The number of thioether (sulfide) groups is 1. The lowest BCUT2D eigenvalue weighted by Gasteiger charge is -2.09. The molecule has 138 valence electrons. The summed E-state index contributed by atoms with van der Waals surface area (Å²) in [5, 5.41) is 10.9. The van der Waals surface area contributed by atoms with Crippen LogP contribution in [-0.2, 0) is 17.9 Å². The minimum atomic E-state index is -2.62. The standard InChI is InChI=1S/C17H14F2N6OS/c18-16(19)27-17-21-11-5-1-2-6-12(11)25(17)10-15(26)20-9-14-23-22-13-7-3-4-8-24(13)14/h1-8,16H,9-10H2,(H,20,26). The van der Waals surface area contributed by atoms with Crippen LogP contribution < -0.4 is 5.32 Å². The summed E-state index contributed by atoms with van der Waals surface area (Å²) >= 11 is 0.323. The molecule has 0 aliphatic heterocycles. The van der Waals surface area contributed by atoms with Crippen molar-refractivity contribution >= 4 is 34.3 Å². The lowest BCUT2D eigenvalue weighted by Crippen LogP contribution is -2.28. The van der Waals surface area contributed by atoms with E-state index in [0.29, 0.717) is 34.3 Å². The summed E-state index contributed by atoms with van der Waals surface area (Å²) in [6.07, 6.45) is 1.80. The molecule has 4 rings (SSSR count). The van der Waals surface area contributed by atoms with E-state index in [1.807, 2.05) is 18.2 Å². The molecule has 0 bridgehead atoms. The molecule has 0 spiro atoms. The van der Waals surface area contributed by atoms with E-state index in [2.05, 4.69) is 20.5 Å². The van der Waals surface area contributed by atoms with Gasteiger partial charge in [-0.05, 0) is 36.0 Å². The average molecular weight is 388 g/mol. The number of nitrogens with one attached hydrogen (secondary N) is 1. The van der Waals surface area contributed by atoms with Crippen LogP contribution in [0.4, 0.5) is 8.78 Å². The van der Waals surface area contributed by atoms with Crippen LogP contribution in [0.2, 0.25) is 0 Å². The molecular formula is C17H14F2N6OS. The first kappa shape index (κ1) is 17.4. The fourth-order valence-electron chi connectivity index (χ4n) is 2.76. The average Bonchev–Trinajstić information content (AvgIpc) is 3.21. The predicted molar refractivity (Wildman–Crippen MR) is 96.4 cm³/mol. The van der Waals surface area contributed by atoms with Gasteiger partial charge in [-0.2, -0.15) is 8.78 Å². The summed E-state index contributed by atoms with van der Waals surface area (Å²) in [6.45, 7) is 0.0558. The number of fused-ring (bicyclic) bond motifs is 2. The minimum absolute atomic E-state index is 0.106. The van der Waals surface area contributed by atoms with Gasteiger partial charge in [0.05, 0.1) is 17.6 Å². The van der Waals surface area contributed by atoms with Gasteiger partial charge in [-0.25, -0.2) is 4.98 Å². The third-order valence-corrected chi connectivity index (χ3v) is 4.64. The number of pyridine rings is 1. The topological polar surface area (TPSA) is 77.1 Å². The summed E-state index contributed by atoms with van der Waals surface area (Å²) in [5.41, 5.74) is 1.87. The number of amides is 1. The van der Waals surface area contributed by atoms with Crippen molar-refractivity contribution in [3.8, 4) is 0 Å². The van der Waals surface area contributed by atoms with Crippen LogP contribution in [0.3, 0.4) is 0 Å². The number of imidazole rings is 1. The number of carbonyl (C=O) groups excluding carboxylic acids is 1. The first-order valence-electron chi connectivity index (χ1n) is 8.07. The highest BCUT2D eigenvalue weighted by Crippen LogP contribution is 2.28. The smallest absolute Gasteiger partial charge is 0.291 e. The summed E-state index contributed by atoms with van der Waals surface area (Å²) in [6, 6.07) is 12.5. The zero-order valence-corrected chi connectivity index (χ0v) is 14.7. The molecule has 1 N–H and O–H groups in total. The van der Waals surface area contributed by atoms with Gasteiger partial charge in [0.15, 0.2) is 16.6 Å². The zero-order chi connectivity index (χ0) is 18.8. The predicted octanol–water partition coefficient (Wildman–Crippen LogP) is 2.71. The van der Waals surface area contributed by atoms with Gasteiger partial charge in [-0.1, -0.05) is 18.2 Å². The van der Waals surface area contributed by atoms with E-state index in [4.69, 9.17) is 0 Å². The van der Waals surface area contributed by atoms with Gasteiger partial charge in [-0.3, -0.25) is 9.20 Å². The molecule has 10 heteroatoms. The van der Waals surface area contributed by atoms with Crippen molar-refractivity contribution in [3.05, 3.63) is 54.5 Å². The van der Waals surface area contributed by atoms with E-state index in [1.54, 1.807) is 34.9 Å². The molecule has 0 fully saturated rings. The molecule has 0 unspecified atom stereocenters. The summed E-state index contributed by atoms with van der Waals surface area (Å²) in [5.74, 6) is -2.37. The van der Waals surface area contributed by atoms with Crippen LogP contribution in [-0.4, -0.2) is 35.8 Å². The molecule has 0 aliphatic rings. The van der Waals surface area contributed by atoms with Gasteiger partial charge >= 0.3 is 0 Å². The van der Waals surface area contributed by atoms with Gasteiger partial charge in [0.25, 0.3) is 5.76 Å². The molecule has 3 aromatic heterocycles. The van der Waals surface area contributed by atoms with Crippen LogP contribution in [0.1, 0.15) is 5.82 Å². The Kier molecular flexibility index (Phi) is 4.71. The number of alkyl halides is 2. The third kappa shape index (κ3) is 3.61. The summed E-state index contributed by atoms with van der Waals surface area (Å²) < 4.78 is 28.9. The van der Waals surface area contributed by atoms with Crippen molar-refractivity contribution in [2.75, 3.05) is 0 Å². The van der Waals surface area contributed by atoms with Crippen LogP contribution >= 0.6 is 11.8 Å². The van der Waals surface area contributed by atoms with Crippen molar-refractivity contribution in [1.29, 1.82) is 0 Å². The molecule has 4 aromatic rings. The highest BCUT2D eigenvalue weighted by molar-refractivity contribution is 7.99. The highest BCUT2D eigenvalue weighted by atomic mass is 32.2. The third-order valence-electron chi connectivity index (χ3n) is 3.94. The maximum atomic E-state index is 12.8. The molecule has 1 aromatic carbocycles. The molecule has 0 atom stereocenters. The number of halogens is 2. The molecule has 0 aliphatic carbocycles. The number of hydrogen-bond donors (Lipinski definition) is 1. The van der Waals surface area contributed by atoms with Crippen molar-refractivity contribution in [2.45, 2.75) is 24.0 Å². The fraction of sp³-hybridized carbons (Fsp3) is 0.176. The second kappa shape index (κ2) is 7.31. The van der Waals surface area contributed by atoms with E-state index >= 15 is 0 Å². The number of hydrogen-bond acceptors (Lipinski definition) is 5. The van der Waals surface area contributed by atoms with Crippen molar-refractivity contribution in [1.82, 2.24) is 29.5 Å². The maximum absolute atomic E-state index is 12.8. The molecule has 7 nitrogen and oxygen atoms in total. The van der Waals surface area contributed by atoms with E-state index in [9.17, 15) is 13.6 Å². The fourth-order valence-corrected chi connectivity index (χ4v) is 3.37. The Hall–Kier alpha value is -3.01. The quantitative estimate of drug-likeness (QED) is 0.514. The number of aromatic nitrogens is 5. The Bertz CT molecular complexity index is 1110. The molecule has 1 amide bonds.